The molecule has 0 saturated heterocycles. The fraction of sp³-hybridized carbons (Fsp3) is 0.500. The molecule has 1 rings (SSSR count). The third-order valence-corrected chi connectivity index (χ3v) is 3.02. The topological polar surface area (TPSA) is 79.4 Å². The molecule has 0 fully saturated rings. The molecule has 0 radical (unpaired) electrons. The van der Waals surface area contributed by atoms with Crippen LogP contribution in [0.15, 0.2) is 18.2 Å². The zero-order chi connectivity index (χ0) is 15.1. The maximum Gasteiger partial charge on any atom is 0.273 e. The van der Waals surface area contributed by atoms with Crippen LogP contribution in [0.5, 0.6) is 5.75 Å². The lowest BCUT2D eigenvalue weighted by molar-refractivity contribution is -0.385. The Bertz CT molecular complexity index is 509. The first kappa shape index (κ1) is 15.9. The van der Waals surface area contributed by atoms with Crippen LogP contribution in [0.25, 0.3) is 0 Å². The molecule has 108 valence electrons. The van der Waals surface area contributed by atoms with E-state index >= 15 is 0 Å². The second kappa shape index (κ2) is 7.46. The van der Waals surface area contributed by atoms with Gasteiger partial charge in [0.2, 0.25) is 0 Å². The molecule has 0 N–H and O–H groups in total. The van der Waals surface area contributed by atoms with Crippen LogP contribution < -0.4 is 4.74 Å². The Kier molecular flexibility index (Phi) is 5.94. The maximum absolute atomic E-state index is 10.9. The first-order chi connectivity index (χ1) is 9.47. The van der Waals surface area contributed by atoms with E-state index in [1.165, 1.54) is 13.2 Å². The van der Waals surface area contributed by atoms with Gasteiger partial charge in [-0.1, -0.05) is 0 Å². The van der Waals surface area contributed by atoms with Crippen molar-refractivity contribution in [1.82, 2.24) is 4.90 Å². The van der Waals surface area contributed by atoms with Crippen LogP contribution in [0.4, 0.5) is 5.69 Å². The lowest BCUT2D eigenvalue weighted by Crippen LogP contribution is -2.31. The van der Waals surface area contributed by atoms with Crippen molar-refractivity contribution in [2.75, 3.05) is 13.7 Å². The molecule has 0 heterocycles. The smallest absolute Gasteiger partial charge is 0.273 e. The summed E-state index contributed by atoms with van der Waals surface area (Å²) in [6, 6.07) is 7.11. The van der Waals surface area contributed by atoms with Gasteiger partial charge in [0.25, 0.3) is 5.69 Å². The third-order valence-electron chi connectivity index (χ3n) is 3.02. The Hall–Kier alpha value is -2.13. The highest BCUT2D eigenvalue weighted by Crippen LogP contribution is 2.24. The quantitative estimate of drug-likeness (QED) is 0.565. The van der Waals surface area contributed by atoms with Gasteiger partial charge in [-0.3, -0.25) is 15.0 Å². The largest absolute Gasteiger partial charge is 0.496 e. The zero-order valence-corrected chi connectivity index (χ0v) is 12.0. The summed E-state index contributed by atoms with van der Waals surface area (Å²) in [7, 11) is 1.48. The molecule has 0 amide bonds. The van der Waals surface area contributed by atoms with E-state index < -0.39 is 4.92 Å². The average molecular weight is 277 g/mol. The molecule has 1 aromatic carbocycles. The van der Waals surface area contributed by atoms with Crippen LogP contribution in [0.2, 0.25) is 0 Å². The summed E-state index contributed by atoms with van der Waals surface area (Å²) in [5.41, 5.74) is 0.825. The molecule has 6 heteroatoms. The van der Waals surface area contributed by atoms with Crippen LogP contribution >= 0.6 is 0 Å². The molecule has 0 atom stereocenters. The fourth-order valence-corrected chi connectivity index (χ4v) is 1.91. The second-order valence-electron chi connectivity index (χ2n) is 4.77. The lowest BCUT2D eigenvalue weighted by Gasteiger charge is -2.25. The number of nitro benzene ring substituents is 1. The summed E-state index contributed by atoms with van der Waals surface area (Å²) >= 11 is 0. The van der Waals surface area contributed by atoms with Crippen LogP contribution in [-0.2, 0) is 6.54 Å². The average Bonchev–Trinajstić information content (AvgIpc) is 2.42. The number of hydrogen-bond acceptors (Lipinski definition) is 5. The number of nitro groups is 1. The molecule has 0 aliphatic rings. The second-order valence-corrected chi connectivity index (χ2v) is 4.77. The first-order valence-corrected chi connectivity index (χ1v) is 6.41. The highest BCUT2D eigenvalue weighted by Gasteiger charge is 2.14. The standard InChI is InChI=1S/C14H19N3O3/c1-11(2)16(6-4-5-15)10-12-7-13(17(18)19)9-14(8-12)20-3/h7-9,11H,4,6,10H2,1-3H3. The minimum atomic E-state index is -0.430. The van der Waals surface area contributed by atoms with Gasteiger partial charge in [-0.2, -0.15) is 5.26 Å². The molecule has 0 aliphatic heterocycles. The van der Waals surface area contributed by atoms with Crippen molar-refractivity contribution in [3.05, 3.63) is 33.9 Å². The van der Waals surface area contributed by atoms with Gasteiger partial charge in [-0.15, -0.1) is 0 Å². The molecule has 20 heavy (non-hydrogen) atoms. The molecule has 0 spiro atoms. The Morgan fingerprint density at radius 2 is 2.15 bits per heavy atom. The minimum Gasteiger partial charge on any atom is -0.496 e. The molecule has 0 saturated carbocycles. The van der Waals surface area contributed by atoms with Crippen LogP contribution in [0, 0.1) is 21.4 Å². The van der Waals surface area contributed by atoms with E-state index in [0.717, 1.165) is 5.56 Å². The molecular formula is C14H19N3O3. The van der Waals surface area contributed by atoms with Crippen molar-refractivity contribution in [2.24, 2.45) is 0 Å². The van der Waals surface area contributed by atoms with Crippen molar-refractivity contribution >= 4 is 5.69 Å². The van der Waals surface area contributed by atoms with Gasteiger partial charge in [0.1, 0.15) is 5.75 Å². The molecule has 0 unspecified atom stereocenters. The van der Waals surface area contributed by atoms with Gasteiger partial charge < -0.3 is 4.74 Å². The maximum atomic E-state index is 10.9. The van der Waals surface area contributed by atoms with E-state index in [0.29, 0.717) is 25.3 Å². The third kappa shape index (κ3) is 4.52. The van der Waals surface area contributed by atoms with Gasteiger partial charge in [0, 0.05) is 31.6 Å². The summed E-state index contributed by atoms with van der Waals surface area (Å²) < 4.78 is 5.09. The van der Waals surface area contributed by atoms with Gasteiger partial charge in [0.15, 0.2) is 0 Å². The monoisotopic (exact) mass is 277 g/mol. The molecule has 0 aromatic heterocycles. The summed E-state index contributed by atoms with van der Waals surface area (Å²) in [5, 5.41) is 19.6. The number of benzene rings is 1. The molecule has 1 aromatic rings. The Morgan fingerprint density at radius 3 is 2.65 bits per heavy atom. The van der Waals surface area contributed by atoms with E-state index in [-0.39, 0.29) is 11.7 Å². The van der Waals surface area contributed by atoms with Gasteiger partial charge in [0.05, 0.1) is 24.2 Å². The highest BCUT2D eigenvalue weighted by molar-refractivity contribution is 5.42. The van der Waals surface area contributed by atoms with Crippen molar-refractivity contribution in [3.63, 3.8) is 0 Å². The number of ether oxygens (including phenoxy) is 1. The summed E-state index contributed by atoms with van der Waals surface area (Å²) in [6.07, 6.45) is 0.435. The molecular weight excluding hydrogens is 258 g/mol. The number of methoxy groups -OCH3 is 1. The van der Waals surface area contributed by atoms with E-state index in [1.807, 2.05) is 13.8 Å². The van der Waals surface area contributed by atoms with Gasteiger partial charge >= 0.3 is 0 Å². The number of nitrogens with zero attached hydrogens (tertiary/aromatic N) is 3. The van der Waals surface area contributed by atoms with E-state index in [9.17, 15) is 10.1 Å². The van der Waals surface area contributed by atoms with Gasteiger partial charge in [-0.05, 0) is 25.5 Å². The van der Waals surface area contributed by atoms with Crippen molar-refractivity contribution in [2.45, 2.75) is 32.9 Å². The Labute approximate surface area is 118 Å². The molecule has 6 nitrogen and oxygen atoms in total. The van der Waals surface area contributed by atoms with Crippen molar-refractivity contribution in [3.8, 4) is 11.8 Å². The molecule has 0 aliphatic carbocycles. The number of rotatable bonds is 7. The summed E-state index contributed by atoms with van der Waals surface area (Å²) in [4.78, 5) is 12.6. The normalized spacial score (nSPS) is 10.6. The Balaban J connectivity index is 2.96. The van der Waals surface area contributed by atoms with Crippen molar-refractivity contribution in [1.29, 1.82) is 5.26 Å². The molecule has 0 bridgehead atoms. The predicted octanol–water partition coefficient (Wildman–Crippen LogP) is 2.73. The SMILES string of the molecule is COc1cc(CN(CCC#N)C(C)C)cc([N+](=O)[O-])c1. The highest BCUT2D eigenvalue weighted by atomic mass is 16.6. The van der Waals surface area contributed by atoms with Crippen molar-refractivity contribution < 1.29 is 9.66 Å². The predicted molar refractivity (Wildman–Crippen MR) is 75.4 cm³/mol. The fourth-order valence-electron chi connectivity index (χ4n) is 1.91. The minimum absolute atomic E-state index is 0.0170. The zero-order valence-electron chi connectivity index (χ0n) is 12.0. The van der Waals surface area contributed by atoms with E-state index in [2.05, 4.69) is 11.0 Å². The van der Waals surface area contributed by atoms with E-state index in [1.54, 1.807) is 12.1 Å². The first-order valence-electron chi connectivity index (χ1n) is 6.41. The lowest BCUT2D eigenvalue weighted by atomic mass is 10.1. The summed E-state index contributed by atoms with van der Waals surface area (Å²) in [5.74, 6) is 0.471. The Morgan fingerprint density at radius 1 is 1.45 bits per heavy atom. The van der Waals surface area contributed by atoms with Crippen LogP contribution in [0.1, 0.15) is 25.8 Å². The number of nitriles is 1. The van der Waals surface area contributed by atoms with Crippen LogP contribution in [0.3, 0.4) is 0 Å². The van der Waals surface area contributed by atoms with Crippen LogP contribution in [-0.4, -0.2) is 29.5 Å². The number of non-ortho nitro benzene ring substituents is 1. The van der Waals surface area contributed by atoms with Gasteiger partial charge in [-0.25, -0.2) is 0 Å². The van der Waals surface area contributed by atoms with E-state index in [4.69, 9.17) is 10.00 Å². The summed E-state index contributed by atoms with van der Waals surface area (Å²) in [6.45, 7) is 5.26. The number of hydrogen-bond donors (Lipinski definition) is 0.